The second-order valence-corrected chi connectivity index (χ2v) is 6.11. The highest BCUT2D eigenvalue weighted by Gasteiger charge is 2.27. The summed E-state index contributed by atoms with van der Waals surface area (Å²) in [4.78, 5) is 7.57. The van der Waals surface area contributed by atoms with Crippen molar-refractivity contribution >= 4 is 11.8 Å². The third-order valence-corrected chi connectivity index (χ3v) is 3.67. The van der Waals surface area contributed by atoms with Gasteiger partial charge in [0.1, 0.15) is 5.75 Å². The molecule has 0 fully saturated rings. The van der Waals surface area contributed by atoms with Gasteiger partial charge in [0.15, 0.2) is 0 Å². The SMILES string of the molecule is N#Cc1cc(OCCCSC(F)(F)F)nc(Oc2ccnc(OC(F)F)c2)c1. The van der Waals surface area contributed by atoms with E-state index >= 15 is 0 Å². The van der Waals surface area contributed by atoms with Gasteiger partial charge in [0.25, 0.3) is 0 Å². The van der Waals surface area contributed by atoms with Crippen molar-refractivity contribution in [3.05, 3.63) is 36.0 Å². The molecule has 0 atom stereocenters. The molecule has 28 heavy (non-hydrogen) atoms. The standard InChI is InChI=1S/C16H12F5N3O3S/c17-15(18)27-12-8-11(2-3-23-12)26-14-7-10(9-22)6-13(24-14)25-4-1-5-28-16(19,20)21/h2-3,6-8,15H,1,4-5H2. The number of pyridine rings is 2. The maximum Gasteiger partial charge on any atom is 0.441 e. The van der Waals surface area contributed by atoms with E-state index < -0.39 is 12.1 Å². The van der Waals surface area contributed by atoms with Crippen LogP contribution in [0.4, 0.5) is 22.0 Å². The molecule has 0 saturated heterocycles. The van der Waals surface area contributed by atoms with Crippen molar-refractivity contribution in [3.63, 3.8) is 0 Å². The number of thioether (sulfide) groups is 1. The molecule has 0 saturated carbocycles. The van der Waals surface area contributed by atoms with E-state index in [-0.39, 0.29) is 59.5 Å². The molecular weight excluding hydrogens is 409 g/mol. The topological polar surface area (TPSA) is 77.3 Å². The van der Waals surface area contributed by atoms with Crippen LogP contribution in [0.15, 0.2) is 30.5 Å². The number of alkyl halides is 5. The minimum atomic E-state index is -4.31. The number of halogens is 5. The van der Waals surface area contributed by atoms with Crippen LogP contribution < -0.4 is 14.2 Å². The van der Waals surface area contributed by atoms with Crippen LogP contribution in [-0.2, 0) is 0 Å². The van der Waals surface area contributed by atoms with E-state index in [0.29, 0.717) is 0 Å². The lowest BCUT2D eigenvalue weighted by Crippen LogP contribution is -2.06. The predicted octanol–water partition coefficient (Wildman–Crippen LogP) is 4.76. The van der Waals surface area contributed by atoms with Gasteiger partial charge in [-0.15, -0.1) is 0 Å². The molecule has 0 aromatic carbocycles. The zero-order chi connectivity index (χ0) is 20.6. The molecule has 0 spiro atoms. The summed E-state index contributed by atoms with van der Waals surface area (Å²) in [5.41, 5.74) is -4.18. The number of hydrogen-bond acceptors (Lipinski definition) is 7. The fraction of sp³-hybridized carbons (Fsp3) is 0.312. The first-order valence-electron chi connectivity index (χ1n) is 7.59. The summed E-state index contributed by atoms with van der Waals surface area (Å²) < 4.78 is 75.5. The Morgan fingerprint density at radius 2 is 1.89 bits per heavy atom. The summed E-state index contributed by atoms with van der Waals surface area (Å²) in [5.74, 6) is -0.588. The van der Waals surface area contributed by atoms with Gasteiger partial charge in [-0.2, -0.15) is 32.2 Å². The van der Waals surface area contributed by atoms with Crippen LogP contribution in [0.2, 0.25) is 0 Å². The van der Waals surface area contributed by atoms with Crippen molar-refractivity contribution in [2.75, 3.05) is 12.4 Å². The molecular formula is C16H12F5N3O3S. The van der Waals surface area contributed by atoms with Crippen molar-refractivity contribution in [2.45, 2.75) is 18.5 Å². The van der Waals surface area contributed by atoms with Gasteiger partial charge in [0.2, 0.25) is 17.6 Å². The maximum atomic E-state index is 12.2. The van der Waals surface area contributed by atoms with Gasteiger partial charge in [0.05, 0.1) is 18.2 Å². The molecule has 0 radical (unpaired) electrons. The van der Waals surface area contributed by atoms with Crippen LogP contribution in [0.3, 0.4) is 0 Å². The van der Waals surface area contributed by atoms with E-state index in [0.717, 1.165) is 6.07 Å². The fourth-order valence-electron chi connectivity index (χ4n) is 1.83. The Bertz CT molecular complexity index is 830. The molecule has 2 rings (SSSR count). The minimum Gasteiger partial charge on any atom is -0.478 e. The van der Waals surface area contributed by atoms with Crippen LogP contribution in [0, 0.1) is 11.3 Å². The molecule has 0 aliphatic heterocycles. The lowest BCUT2D eigenvalue weighted by atomic mass is 10.3. The van der Waals surface area contributed by atoms with Gasteiger partial charge in [0, 0.05) is 30.1 Å². The molecule has 2 aromatic heterocycles. The summed E-state index contributed by atoms with van der Waals surface area (Å²) in [6.45, 7) is -3.11. The molecule has 2 heterocycles. The Morgan fingerprint density at radius 1 is 1.14 bits per heavy atom. The van der Waals surface area contributed by atoms with E-state index in [1.165, 1.54) is 24.4 Å². The van der Waals surface area contributed by atoms with Crippen LogP contribution >= 0.6 is 11.8 Å². The molecule has 12 heteroatoms. The Balaban J connectivity index is 2.01. The van der Waals surface area contributed by atoms with Crippen LogP contribution in [0.25, 0.3) is 0 Å². The summed E-state index contributed by atoms with van der Waals surface area (Å²) in [5, 5.41) is 9.06. The van der Waals surface area contributed by atoms with Crippen molar-refractivity contribution in [3.8, 4) is 29.5 Å². The first-order valence-corrected chi connectivity index (χ1v) is 8.58. The molecule has 6 nitrogen and oxygen atoms in total. The summed E-state index contributed by atoms with van der Waals surface area (Å²) in [7, 11) is 0. The lowest BCUT2D eigenvalue weighted by molar-refractivity contribution is -0.0529. The van der Waals surface area contributed by atoms with Gasteiger partial charge >= 0.3 is 12.1 Å². The normalized spacial score (nSPS) is 11.2. The Labute approximate surface area is 160 Å². The second-order valence-electron chi connectivity index (χ2n) is 4.95. The third kappa shape index (κ3) is 7.83. The van der Waals surface area contributed by atoms with Crippen LogP contribution in [0.1, 0.15) is 12.0 Å². The van der Waals surface area contributed by atoms with Gasteiger partial charge in [-0.05, 0) is 12.5 Å². The fourth-order valence-corrected chi connectivity index (χ4v) is 2.32. The monoisotopic (exact) mass is 421 g/mol. The first kappa shape index (κ1) is 21.5. The van der Waals surface area contributed by atoms with Gasteiger partial charge < -0.3 is 14.2 Å². The van der Waals surface area contributed by atoms with Crippen LogP contribution in [-0.4, -0.2) is 34.4 Å². The van der Waals surface area contributed by atoms with Crippen molar-refractivity contribution in [2.24, 2.45) is 0 Å². The highest BCUT2D eigenvalue weighted by Crippen LogP contribution is 2.30. The quantitative estimate of drug-likeness (QED) is 0.427. The zero-order valence-corrected chi connectivity index (χ0v) is 14.8. The summed E-state index contributed by atoms with van der Waals surface area (Å²) in [6, 6.07) is 6.89. The minimum absolute atomic E-state index is 0.0239. The molecule has 0 aliphatic rings. The predicted molar refractivity (Wildman–Crippen MR) is 88.5 cm³/mol. The molecule has 2 aromatic rings. The second kappa shape index (κ2) is 9.93. The molecule has 150 valence electrons. The van der Waals surface area contributed by atoms with E-state index in [9.17, 15) is 22.0 Å². The molecule has 0 N–H and O–H groups in total. The number of nitriles is 1. The van der Waals surface area contributed by atoms with Crippen molar-refractivity contribution in [1.82, 2.24) is 9.97 Å². The molecule has 0 amide bonds. The van der Waals surface area contributed by atoms with Crippen molar-refractivity contribution < 1.29 is 36.2 Å². The third-order valence-electron chi connectivity index (χ3n) is 2.85. The molecule has 0 aliphatic carbocycles. The Morgan fingerprint density at radius 3 is 2.57 bits per heavy atom. The lowest BCUT2D eigenvalue weighted by Gasteiger charge is -2.10. The summed E-state index contributed by atoms with van der Waals surface area (Å²) >= 11 is -0.162. The Hall–Kier alpha value is -2.81. The van der Waals surface area contributed by atoms with E-state index in [1.54, 1.807) is 0 Å². The van der Waals surface area contributed by atoms with Crippen molar-refractivity contribution in [1.29, 1.82) is 5.26 Å². The number of nitrogens with zero attached hydrogens (tertiary/aromatic N) is 3. The molecule has 0 bridgehead atoms. The maximum absolute atomic E-state index is 12.2. The number of rotatable bonds is 9. The number of ether oxygens (including phenoxy) is 3. The van der Waals surface area contributed by atoms with Gasteiger partial charge in [-0.25, -0.2) is 4.98 Å². The number of hydrogen-bond donors (Lipinski definition) is 0. The largest absolute Gasteiger partial charge is 0.478 e. The average Bonchev–Trinajstić information content (AvgIpc) is 2.60. The zero-order valence-electron chi connectivity index (χ0n) is 13.9. The van der Waals surface area contributed by atoms with Gasteiger partial charge in [-0.1, -0.05) is 11.8 Å². The smallest absolute Gasteiger partial charge is 0.441 e. The van der Waals surface area contributed by atoms with Gasteiger partial charge in [-0.3, -0.25) is 0 Å². The van der Waals surface area contributed by atoms with E-state index in [4.69, 9.17) is 14.7 Å². The van der Waals surface area contributed by atoms with Crippen LogP contribution in [0.5, 0.6) is 23.4 Å². The van der Waals surface area contributed by atoms with E-state index in [2.05, 4.69) is 14.7 Å². The highest BCUT2D eigenvalue weighted by molar-refractivity contribution is 8.00. The summed E-state index contributed by atoms with van der Waals surface area (Å²) in [6.07, 6.45) is 1.29. The first-order chi connectivity index (χ1) is 13.2. The highest BCUT2D eigenvalue weighted by atomic mass is 32.2. The number of aromatic nitrogens is 2. The average molecular weight is 421 g/mol. The molecule has 0 unspecified atom stereocenters. The Kier molecular flexibility index (Phi) is 7.62. The van der Waals surface area contributed by atoms with E-state index in [1.807, 2.05) is 6.07 Å².